The van der Waals surface area contributed by atoms with E-state index in [1.54, 1.807) is 46.2 Å². The van der Waals surface area contributed by atoms with Crippen LogP contribution in [-0.2, 0) is 30.8 Å². The van der Waals surface area contributed by atoms with Crippen molar-refractivity contribution in [2.75, 3.05) is 30.6 Å². The Morgan fingerprint density at radius 3 is 1.56 bits per heavy atom. The van der Waals surface area contributed by atoms with Crippen LogP contribution < -0.4 is 33.5 Å². The topological polar surface area (TPSA) is 129 Å². The van der Waals surface area contributed by atoms with Gasteiger partial charge in [-0.2, -0.15) is 0 Å². The van der Waals surface area contributed by atoms with E-state index in [4.69, 9.17) is 33.7 Å². The van der Waals surface area contributed by atoms with Crippen LogP contribution in [0.25, 0.3) is 0 Å². The molecule has 0 fully saturated rings. The molecule has 286 valence electrons. The molecule has 0 aromatic heterocycles. The Balaban J connectivity index is 0.959. The molecule has 0 unspecified atom stereocenters. The summed E-state index contributed by atoms with van der Waals surface area (Å²) in [6, 6.07) is 27.7. The third kappa shape index (κ3) is 6.62. The normalized spacial score (nSPS) is 17.0. The maximum Gasteiger partial charge on any atom is 0.261 e. The lowest BCUT2D eigenvalue weighted by molar-refractivity contribution is -0.118. The second kappa shape index (κ2) is 14.6. The van der Waals surface area contributed by atoms with Crippen molar-refractivity contribution in [2.24, 2.45) is 9.98 Å². The summed E-state index contributed by atoms with van der Waals surface area (Å²) in [5.41, 5.74) is 7.25. The van der Waals surface area contributed by atoms with Gasteiger partial charge in [0.05, 0.1) is 48.8 Å². The molecule has 2 atom stereocenters. The van der Waals surface area contributed by atoms with Crippen LogP contribution >= 0.6 is 0 Å². The molecule has 12 nitrogen and oxygen atoms in total. The number of ether oxygens (including phenoxy) is 5. The van der Waals surface area contributed by atoms with Crippen LogP contribution in [0, 0.1) is 0 Å². The molecular weight excluding hydrogens is 725 g/mol. The molecule has 57 heavy (non-hydrogen) atoms. The van der Waals surface area contributed by atoms with Gasteiger partial charge in [0.25, 0.3) is 11.8 Å². The minimum atomic E-state index is -0.187. The van der Waals surface area contributed by atoms with Crippen molar-refractivity contribution in [1.29, 1.82) is 0 Å². The number of fused-ring (bicyclic) bond motifs is 8. The van der Waals surface area contributed by atoms with Crippen LogP contribution in [0.3, 0.4) is 0 Å². The fraction of sp³-hybridized carbons (Fsp3) is 0.222. The highest BCUT2D eigenvalue weighted by atomic mass is 16.5. The molecule has 0 saturated heterocycles. The van der Waals surface area contributed by atoms with Crippen molar-refractivity contribution < 1.29 is 38.1 Å². The molecular formula is C45H38N4O8. The summed E-state index contributed by atoms with van der Waals surface area (Å²) in [7, 11) is 3.05. The monoisotopic (exact) mass is 762 g/mol. The molecule has 12 heteroatoms. The average molecular weight is 763 g/mol. The summed E-state index contributed by atoms with van der Waals surface area (Å²) in [5, 5.41) is 0. The first-order valence-corrected chi connectivity index (χ1v) is 18.6. The fourth-order valence-corrected chi connectivity index (χ4v) is 7.86. The van der Waals surface area contributed by atoms with Crippen molar-refractivity contribution in [2.45, 2.75) is 45.1 Å². The molecule has 0 radical (unpaired) electrons. The van der Waals surface area contributed by atoms with Gasteiger partial charge in [-0.1, -0.05) is 36.4 Å². The third-order valence-corrected chi connectivity index (χ3v) is 10.5. The van der Waals surface area contributed by atoms with Gasteiger partial charge >= 0.3 is 0 Å². The van der Waals surface area contributed by atoms with Crippen molar-refractivity contribution in [3.8, 4) is 28.7 Å². The standard InChI is InChI=1S/C45H38N4O8/c1-26(50)23-55-33-13-27(24-56-42-19-36-34(17-40(42)53-2)44(51)48-31(21-46-36)15-29-8-4-6-10-38(29)48)12-28(14-33)25-57-43-20-37-35(18-41(43)54-3)45(52)49-32(22-47-37)16-30-9-5-7-11-39(30)49/h4-14,17-22,31-32H,15-16,23-25H2,1-3H3/t31-,32-/m0/s1. The molecule has 4 aliphatic rings. The Hall–Kier alpha value is -6.95. The number of ketones is 1. The zero-order chi connectivity index (χ0) is 39.2. The zero-order valence-electron chi connectivity index (χ0n) is 31.6. The van der Waals surface area contributed by atoms with Crippen LogP contribution in [0.15, 0.2) is 101 Å². The van der Waals surface area contributed by atoms with E-state index in [9.17, 15) is 14.4 Å². The lowest BCUT2D eigenvalue weighted by atomic mass is 10.1. The Bertz CT molecular complexity index is 2370. The maximum absolute atomic E-state index is 13.9. The van der Waals surface area contributed by atoms with Crippen molar-refractivity contribution >= 4 is 52.8 Å². The average Bonchev–Trinajstić information content (AvgIpc) is 3.72. The Labute approximate surface area is 328 Å². The molecule has 9 rings (SSSR count). The number of amides is 2. The van der Waals surface area contributed by atoms with Gasteiger partial charge in [0, 0.05) is 48.8 Å². The Morgan fingerprint density at radius 2 is 1.11 bits per heavy atom. The molecule has 0 N–H and O–H groups in total. The number of methoxy groups -OCH3 is 2. The summed E-state index contributed by atoms with van der Waals surface area (Å²) >= 11 is 0. The van der Waals surface area contributed by atoms with E-state index in [1.807, 2.05) is 67.0 Å². The van der Waals surface area contributed by atoms with E-state index in [1.165, 1.54) is 21.1 Å². The number of aliphatic imine (C=N–C) groups is 2. The van der Waals surface area contributed by atoms with Crippen LogP contribution in [0.1, 0.15) is 49.9 Å². The number of carbonyl (C=O) groups is 3. The summed E-state index contributed by atoms with van der Waals surface area (Å²) < 4.78 is 29.9. The summed E-state index contributed by atoms with van der Waals surface area (Å²) in [6.07, 6.45) is 5.01. The lowest BCUT2D eigenvalue weighted by Gasteiger charge is -2.22. The number of hydrogen-bond acceptors (Lipinski definition) is 10. The first-order valence-electron chi connectivity index (χ1n) is 18.6. The molecule has 0 bridgehead atoms. The number of nitrogens with zero attached hydrogens (tertiary/aromatic N) is 4. The summed E-state index contributed by atoms with van der Waals surface area (Å²) in [5.74, 6) is 1.61. The van der Waals surface area contributed by atoms with Gasteiger partial charge in [0.15, 0.2) is 28.8 Å². The van der Waals surface area contributed by atoms with E-state index in [0.29, 0.717) is 64.1 Å². The van der Waals surface area contributed by atoms with Gasteiger partial charge in [-0.15, -0.1) is 0 Å². The number of hydrogen-bond donors (Lipinski definition) is 0. The van der Waals surface area contributed by atoms with Crippen molar-refractivity contribution in [3.05, 3.63) is 124 Å². The summed E-state index contributed by atoms with van der Waals surface area (Å²) in [4.78, 5) is 52.6. The number of anilines is 2. The lowest BCUT2D eigenvalue weighted by Crippen LogP contribution is -2.37. The molecule has 4 heterocycles. The van der Waals surface area contributed by atoms with E-state index in [0.717, 1.165) is 33.6 Å². The second-order valence-electron chi connectivity index (χ2n) is 14.3. The first-order chi connectivity index (χ1) is 27.8. The predicted octanol–water partition coefficient (Wildman–Crippen LogP) is 7.40. The smallest absolute Gasteiger partial charge is 0.261 e. The number of rotatable bonds is 11. The van der Waals surface area contributed by atoms with E-state index < -0.39 is 0 Å². The van der Waals surface area contributed by atoms with E-state index in [-0.39, 0.29) is 49.5 Å². The fourth-order valence-electron chi connectivity index (χ4n) is 7.86. The van der Waals surface area contributed by atoms with Crippen molar-refractivity contribution in [1.82, 2.24) is 0 Å². The van der Waals surface area contributed by atoms with Gasteiger partial charge in [0.2, 0.25) is 0 Å². The van der Waals surface area contributed by atoms with Gasteiger partial charge in [-0.3, -0.25) is 34.2 Å². The predicted molar refractivity (Wildman–Crippen MR) is 215 cm³/mol. The van der Waals surface area contributed by atoms with Crippen LogP contribution in [0.2, 0.25) is 0 Å². The number of benzene rings is 5. The molecule has 5 aromatic rings. The highest BCUT2D eigenvalue weighted by Gasteiger charge is 2.38. The van der Waals surface area contributed by atoms with E-state index >= 15 is 0 Å². The van der Waals surface area contributed by atoms with Gasteiger partial charge in [-0.05, 0) is 71.6 Å². The first kappa shape index (κ1) is 35.7. The van der Waals surface area contributed by atoms with Crippen LogP contribution in [0.4, 0.5) is 22.7 Å². The van der Waals surface area contributed by atoms with Gasteiger partial charge in [-0.25, -0.2) is 0 Å². The van der Waals surface area contributed by atoms with Gasteiger partial charge in [0.1, 0.15) is 25.6 Å². The molecule has 0 aliphatic carbocycles. The SMILES string of the molecule is COc1cc2c(cc1OCc1cc(COc3cc4c(cc3OC)C(=O)N3c5ccccc5C[C@H]3C=N4)cc(OCC(C)=O)c1)N=C[C@@H]1Cc3ccccc3N1C2=O. The molecule has 5 aromatic carbocycles. The van der Waals surface area contributed by atoms with Crippen LogP contribution in [0.5, 0.6) is 28.7 Å². The molecule has 0 saturated carbocycles. The number of para-hydroxylation sites is 2. The van der Waals surface area contributed by atoms with E-state index in [2.05, 4.69) is 0 Å². The maximum atomic E-state index is 13.9. The molecule has 2 amide bonds. The number of carbonyl (C=O) groups excluding carboxylic acids is 3. The quantitative estimate of drug-likeness (QED) is 0.136. The molecule has 0 spiro atoms. The second-order valence-corrected chi connectivity index (χ2v) is 14.3. The zero-order valence-corrected chi connectivity index (χ0v) is 31.6. The molecule has 4 aliphatic heterocycles. The van der Waals surface area contributed by atoms with Crippen LogP contribution in [-0.4, -0.2) is 62.9 Å². The highest BCUT2D eigenvalue weighted by molar-refractivity contribution is 6.15. The number of Topliss-reactive ketones (excluding diaryl/α,β-unsaturated/α-hetero) is 1. The third-order valence-electron chi connectivity index (χ3n) is 10.5. The van der Waals surface area contributed by atoms with Crippen molar-refractivity contribution in [3.63, 3.8) is 0 Å². The Kier molecular flexibility index (Phi) is 9.16. The minimum Gasteiger partial charge on any atom is -0.493 e. The highest BCUT2D eigenvalue weighted by Crippen LogP contribution is 2.43. The minimum absolute atomic E-state index is 0.0962. The van der Waals surface area contributed by atoms with Gasteiger partial charge < -0.3 is 23.7 Å². The summed E-state index contributed by atoms with van der Waals surface area (Å²) in [6.45, 7) is 1.54. The Morgan fingerprint density at radius 1 is 0.632 bits per heavy atom. The largest absolute Gasteiger partial charge is 0.493 e.